The number of carbonyl (C=O) groups is 1. The van der Waals surface area contributed by atoms with Gasteiger partial charge in [-0.1, -0.05) is 60.7 Å². The molecule has 4 nitrogen and oxygen atoms in total. The predicted octanol–water partition coefficient (Wildman–Crippen LogP) is 5.29. The second kappa shape index (κ2) is 9.26. The van der Waals surface area contributed by atoms with Crippen molar-refractivity contribution in [3.63, 3.8) is 0 Å². The number of hydrazone groups is 1. The van der Waals surface area contributed by atoms with E-state index in [0.717, 1.165) is 23.3 Å². The second-order valence-electron chi connectivity index (χ2n) is 6.46. The van der Waals surface area contributed by atoms with Crippen molar-refractivity contribution in [1.82, 2.24) is 5.43 Å². The fourth-order valence-electron chi connectivity index (χ4n) is 2.76. The Morgan fingerprint density at radius 2 is 1.67 bits per heavy atom. The maximum absolute atomic E-state index is 12.8. The molecule has 0 aliphatic carbocycles. The molecule has 0 bridgehead atoms. The first-order chi connectivity index (χ1) is 14.3. The third kappa shape index (κ3) is 5.47. The number of carbonyl (C=O) groups excluding carboxylic acids is 1. The minimum absolute atomic E-state index is 0.249. The van der Waals surface area contributed by atoms with Gasteiger partial charge in [0.1, 0.15) is 5.75 Å². The first-order valence-electron chi connectivity index (χ1n) is 9.12. The zero-order valence-corrected chi connectivity index (χ0v) is 16.1. The zero-order valence-electron chi connectivity index (χ0n) is 16.1. The van der Waals surface area contributed by atoms with Crippen LogP contribution in [0.25, 0.3) is 11.1 Å². The van der Waals surface area contributed by atoms with Gasteiger partial charge in [-0.3, -0.25) is 4.79 Å². The molecule has 0 aromatic heterocycles. The molecule has 0 atom stereocenters. The largest absolute Gasteiger partial charge is 0.483 e. The number of hydrogen-bond donors (Lipinski definition) is 1. The van der Waals surface area contributed by atoms with Crippen molar-refractivity contribution >= 4 is 11.6 Å². The Labute approximate surface area is 172 Å². The quantitative estimate of drug-likeness (QED) is 0.442. The maximum Gasteiger partial charge on any atom is 0.416 e. The van der Waals surface area contributed by atoms with Gasteiger partial charge < -0.3 is 4.74 Å². The molecule has 154 valence electrons. The normalized spacial score (nSPS) is 11.8. The Balaban J connectivity index is 1.64. The Bertz CT molecular complexity index is 1050. The third-order valence-corrected chi connectivity index (χ3v) is 4.29. The van der Waals surface area contributed by atoms with Gasteiger partial charge in [-0.15, -0.1) is 0 Å². The van der Waals surface area contributed by atoms with Crippen molar-refractivity contribution in [2.75, 3.05) is 6.61 Å². The van der Waals surface area contributed by atoms with Gasteiger partial charge in [0.05, 0.1) is 11.3 Å². The van der Waals surface area contributed by atoms with E-state index >= 15 is 0 Å². The Morgan fingerprint density at radius 3 is 2.40 bits per heavy atom. The molecule has 0 saturated carbocycles. The third-order valence-electron chi connectivity index (χ3n) is 4.29. The van der Waals surface area contributed by atoms with Gasteiger partial charge in [-0.05, 0) is 36.2 Å². The summed E-state index contributed by atoms with van der Waals surface area (Å²) in [4.78, 5) is 12.1. The van der Waals surface area contributed by atoms with Crippen LogP contribution in [0.4, 0.5) is 13.2 Å². The van der Waals surface area contributed by atoms with Gasteiger partial charge >= 0.3 is 6.18 Å². The smallest absolute Gasteiger partial charge is 0.416 e. The number of alkyl halides is 3. The summed E-state index contributed by atoms with van der Waals surface area (Å²) in [5.74, 6) is 0.0154. The van der Waals surface area contributed by atoms with Gasteiger partial charge in [0.15, 0.2) is 6.61 Å². The van der Waals surface area contributed by atoms with Crippen LogP contribution in [0, 0.1) is 0 Å². The molecular weight excluding hydrogens is 393 g/mol. The molecule has 0 unspecified atom stereocenters. The lowest BCUT2D eigenvalue weighted by Crippen LogP contribution is -2.25. The van der Waals surface area contributed by atoms with Crippen LogP contribution in [0.15, 0.2) is 84.0 Å². The Morgan fingerprint density at radius 1 is 0.967 bits per heavy atom. The molecule has 0 saturated heterocycles. The molecule has 0 aliphatic rings. The van der Waals surface area contributed by atoms with E-state index in [4.69, 9.17) is 4.74 Å². The van der Waals surface area contributed by atoms with E-state index in [2.05, 4.69) is 10.5 Å². The van der Waals surface area contributed by atoms with Crippen LogP contribution in [-0.2, 0) is 11.0 Å². The summed E-state index contributed by atoms with van der Waals surface area (Å²) in [6, 6.07) is 21.7. The predicted molar refractivity (Wildman–Crippen MR) is 109 cm³/mol. The fraction of sp³-hybridized carbons (Fsp3) is 0.130. The summed E-state index contributed by atoms with van der Waals surface area (Å²) < 4.78 is 44.1. The monoisotopic (exact) mass is 412 g/mol. The van der Waals surface area contributed by atoms with E-state index in [-0.39, 0.29) is 17.9 Å². The van der Waals surface area contributed by atoms with Crippen LogP contribution in [0.5, 0.6) is 5.75 Å². The van der Waals surface area contributed by atoms with Crippen molar-refractivity contribution in [2.45, 2.75) is 13.1 Å². The summed E-state index contributed by atoms with van der Waals surface area (Å²) in [5.41, 5.74) is 3.84. The summed E-state index contributed by atoms with van der Waals surface area (Å²) in [7, 11) is 0. The number of amides is 1. The molecule has 3 rings (SSSR count). The fourth-order valence-corrected chi connectivity index (χ4v) is 2.76. The molecular formula is C23H19F3N2O2. The number of benzene rings is 3. The molecule has 0 fully saturated rings. The van der Waals surface area contributed by atoms with Gasteiger partial charge in [0.2, 0.25) is 0 Å². The second-order valence-corrected chi connectivity index (χ2v) is 6.46. The van der Waals surface area contributed by atoms with E-state index in [1.54, 1.807) is 12.1 Å². The van der Waals surface area contributed by atoms with E-state index in [1.807, 2.05) is 42.5 Å². The number of nitrogens with one attached hydrogen (secondary N) is 1. The lowest BCUT2D eigenvalue weighted by molar-refractivity contribution is -0.137. The number of rotatable bonds is 6. The molecule has 3 aromatic rings. The minimum atomic E-state index is -4.44. The van der Waals surface area contributed by atoms with Crippen molar-refractivity contribution in [1.29, 1.82) is 0 Å². The van der Waals surface area contributed by atoms with Gasteiger partial charge in [0.25, 0.3) is 5.91 Å². The first kappa shape index (κ1) is 21.1. The van der Waals surface area contributed by atoms with Crippen LogP contribution in [0.3, 0.4) is 0 Å². The molecule has 1 N–H and O–H groups in total. The van der Waals surface area contributed by atoms with Crippen LogP contribution in [-0.4, -0.2) is 18.2 Å². The molecule has 0 spiro atoms. The number of para-hydroxylation sites is 1. The van der Waals surface area contributed by atoms with E-state index in [1.165, 1.54) is 19.1 Å². The highest BCUT2D eigenvalue weighted by Crippen LogP contribution is 2.30. The SMILES string of the molecule is C/C(=N\NC(=O)COc1ccccc1-c1ccccc1)c1cccc(C(F)(F)F)c1. The summed E-state index contributed by atoms with van der Waals surface area (Å²) in [6.07, 6.45) is -4.44. The zero-order chi connectivity index (χ0) is 21.6. The number of nitrogens with zero attached hydrogens (tertiary/aromatic N) is 1. The van der Waals surface area contributed by atoms with Crippen LogP contribution in [0.2, 0.25) is 0 Å². The van der Waals surface area contributed by atoms with E-state index < -0.39 is 17.6 Å². The molecule has 0 heterocycles. The summed E-state index contributed by atoms with van der Waals surface area (Å²) in [5, 5.41) is 3.88. The number of ether oxygens (including phenoxy) is 1. The van der Waals surface area contributed by atoms with Gasteiger partial charge in [0, 0.05) is 5.56 Å². The summed E-state index contributed by atoms with van der Waals surface area (Å²) in [6.45, 7) is 1.23. The summed E-state index contributed by atoms with van der Waals surface area (Å²) >= 11 is 0. The van der Waals surface area contributed by atoms with Crippen molar-refractivity contribution in [2.24, 2.45) is 5.10 Å². The lowest BCUT2D eigenvalue weighted by atomic mass is 10.1. The maximum atomic E-state index is 12.8. The average Bonchev–Trinajstić information content (AvgIpc) is 2.76. The topological polar surface area (TPSA) is 50.7 Å². The van der Waals surface area contributed by atoms with Crippen LogP contribution >= 0.6 is 0 Å². The van der Waals surface area contributed by atoms with Crippen molar-refractivity contribution in [3.05, 3.63) is 90.0 Å². The van der Waals surface area contributed by atoms with Crippen molar-refractivity contribution in [3.8, 4) is 16.9 Å². The van der Waals surface area contributed by atoms with Crippen LogP contribution in [0.1, 0.15) is 18.1 Å². The van der Waals surface area contributed by atoms with Gasteiger partial charge in [-0.25, -0.2) is 5.43 Å². The number of halogens is 3. The first-order valence-corrected chi connectivity index (χ1v) is 9.12. The average molecular weight is 412 g/mol. The molecule has 30 heavy (non-hydrogen) atoms. The van der Waals surface area contributed by atoms with Crippen LogP contribution < -0.4 is 10.2 Å². The Hall–Kier alpha value is -3.61. The molecule has 1 amide bonds. The highest BCUT2D eigenvalue weighted by molar-refractivity contribution is 5.99. The van der Waals surface area contributed by atoms with Gasteiger partial charge in [-0.2, -0.15) is 18.3 Å². The minimum Gasteiger partial charge on any atom is -0.483 e. The van der Waals surface area contributed by atoms with E-state index in [9.17, 15) is 18.0 Å². The highest BCUT2D eigenvalue weighted by atomic mass is 19.4. The van der Waals surface area contributed by atoms with Crippen molar-refractivity contribution < 1.29 is 22.7 Å². The molecule has 3 aromatic carbocycles. The Kier molecular flexibility index (Phi) is 6.51. The standard InChI is InChI=1S/C23H19F3N2O2/c1-16(18-10-7-11-19(14-18)23(24,25)26)27-28-22(29)15-30-21-13-6-5-12-20(21)17-8-3-2-4-9-17/h2-14H,15H2,1H3,(H,28,29)/b27-16+. The number of hydrogen-bond acceptors (Lipinski definition) is 3. The molecule has 0 radical (unpaired) electrons. The molecule has 7 heteroatoms. The highest BCUT2D eigenvalue weighted by Gasteiger charge is 2.30. The van der Waals surface area contributed by atoms with E-state index in [0.29, 0.717) is 5.75 Å². The lowest BCUT2D eigenvalue weighted by Gasteiger charge is -2.11. The molecule has 0 aliphatic heterocycles.